The number of hydrogen-bond donors (Lipinski definition) is 3. The Bertz CT molecular complexity index is 291. The summed E-state index contributed by atoms with van der Waals surface area (Å²) in [7, 11) is -4.09. The number of aryl methyl sites for hydroxylation is 2. The van der Waals surface area contributed by atoms with E-state index in [1.54, 1.807) is 12.1 Å². The van der Waals surface area contributed by atoms with Crippen molar-refractivity contribution in [2.24, 2.45) is 0 Å². The molecule has 0 atom stereocenters. The molecule has 1 aromatic carbocycles. The summed E-state index contributed by atoms with van der Waals surface area (Å²) in [6, 6.07) is 4.89. The van der Waals surface area contributed by atoms with E-state index in [4.69, 9.17) is 14.4 Å². The number of benzene rings is 1. The van der Waals surface area contributed by atoms with Crippen molar-refractivity contribution in [1.82, 2.24) is 0 Å². The predicted octanol–water partition coefficient (Wildman–Crippen LogP) is -0.574. The van der Waals surface area contributed by atoms with Crippen LogP contribution in [0.2, 0.25) is 0 Å². The fourth-order valence-corrected chi connectivity index (χ4v) is 1.67. The van der Waals surface area contributed by atoms with Crippen LogP contribution < -0.4 is 5.19 Å². The van der Waals surface area contributed by atoms with Gasteiger partial charge in [0.1, 0.15) is 0 Å². The molecule has 0 aliphatic heterocycles. The first-order valence-electron chi connectivity index (χ1n) is 3.66. The van der Waals surface area contributed by atoms with Crippen LogP contribution in [-0.4, -0.2) is 23.2 Å². The lowest BCUT2D eigenvalue weighted by molar-refractivity contribution is 0.249. The Labute approximate surface area is 72.3 Å². The molecule has 0 saturated carbocycles. The monoisotopic (exact) mass is 184 g/mol. The van der Waals surface area contributed by atoms with Crippen molar-refractivity contribution in [3.63, 3.8) is 0 Å². The van der Waals surface area contributed by atoms with Crippen LogP contribution in [0.4, 0.5) is 0 Å². The van der Waals surface area contributed by atoms with Gasteiger partial charge in [-0.25, -0.2) is 0 Å². The molecule has 0 saturated heterocycles. The van der Waals surface area contributed by atoms with Crippen molar-refractivity contribution in [2.75, 3.05) is 0 Å². The molecule has 3 N–H and O–H groups in total. The Morgan fingerprint density at radius 1 is 1.00 bits per heavy atom. The highest BCUT2D eigenvalue weighted by molar-refractivity contribution is 6.71. The summed E-state index contributed by atoms with van der Waals surface area (Å²) >= 11 is 0. The maximum atomic E-state index is 8.95. The van der Waals surface area contributed by atoms with Gasteiger partial charge in [-0.15, -0.1) is 0 Å². The van der Waals surface area contributed by atoms with Gasteiger partial charge < -0.3 is 14.4 Å². The van der Waals surface area contributed by atoms with Gasteiger partial charge in [-0.05, 0) is 25.0 Å². The molecule has 1 aromatic rings. The van der Waals surface area contributed by atoms with Gasteiger partial charge in [-0.1, -0.05) is 18.2 Å². The zero-order valence-electron chi connectivity index (χ0n) is 7.07. The van der Waals surface area contributed by atoms with Gasteiger partial charge in [0.2, 0.25) is 0 Å². The highest BCUT2D eigenvalue weighted by Crippen LogP contribution is 2.04. The summed E-state index contributed by atoms with van der Waals surface area (Å²) in [5.74, 6) is 0. The minimum atomic E-state index is -4.09. The molecule has 3 nitrogen and oxygen atoms in total. The lowest BCUT2D eigenvalue weighted by Gasteiger charge is -2.10. The standard InChI is InChI=1S/C8H12O3Si/c1-6-3-4-8(5-7(6)2)12(9,10)11/h3-5,9-11H,1-2H3. The van der Waals surface area contributed by atoms with Crippen LogP contribution in [0.1, 0.15) is 11.1 Å². The second-order valence-electron chi connectivity index (χ2n) is 2.93. The van der Waals surface area contributed by atoms with Gasteiger partial charge in [-0.3, -0.25) is 0 Å². The predicted molar refractivity (Wildman–Crippen MR) is 48.0 cm³/mol. The minimum absolute atomic E-state index is 0.227. The Morgan fingerprint density at radius 2 is 1.58 bits per heavy atom. The van der Waals surface area contributed by atoms with Crippen molar-refractivity contribution in [1.29, 1.82) is 0 Å². The molecular formula is C8H12O3Si. The summed E-state index contributed by atoms with van der Waals surface area (Å²) < 4.78 is 0. The highest BCUT2D eigenvalue weighted by Gasteiger charge is 2.30. The van der Waals surface area contributed by atoms with Crippen molar-refractivity contribution < 1.29 is 14.4 Å². The molecule has 0 unspecified atom stereocenters. The maximum Gasteiger partial charge on any atom is 0.528 e. The minimum Gasteiger partial charge on any atom is -0.386 e. The topological polar surface area (TPSA) is 60.7 Å². The Morgan fingerprint density at radius 3 is 2.00 bits per heavy atom. The Balaban J connectivity index is 3.14. The summed E-state index contributed by atoms with van der Waals surface area (Å²) in [5.41, 5.74) is 2.01. The third-order valence-corrected chi connectivity index (χ3v) is 2.98. The van der Waals surface area contributed by atoms with E-state index in [-0.39, 0.29) is 5.19 Å². The first-order valence-corrected chi connectivity index (χ1v) is 5.50. The summed E-state index contributed by atoms with van der Waals surface area (Å²) in [6.07, 6.45) is 0. The molecule has 0 bridgehead atoms. The molecule has 66 valence electrons. The zero-order valence-corrected chi connectivity index (χ0v) is 8.07. The van der Waals surface area contributed by atoms with Crippen LogP contribution in [0.15, 0.2) is 18.2 Å². The average Bonchev–Trinajstić information content (AvgIpc) is 1.92. The molecule has 12 heavy (non-hydrogen) atoms. The smallest absolute Gasteiger partial charge is 0.386 e. The average molecular weight is 184 g/mol. The molecule has 0 heterocycles. The SMILES string of the molecule is Cc1ccc([Si](O)(O)O)cc1C. The molecule has 0 aliphatic carbocycles. The molecule has 0 aromatic heterocycles. The van der Waals surface area contributed by atoms with E-state index in [0.29, 0.717) is 0 Å². The Hall–Kier alpha value is -0.683. The van der Waals surface area contributed by atoms with Crippen molar-refractivity contribution in [3.8, 4) is 0 Å². The van der Waals surface area contributed by atoms with Crippen molar-refractivity contribution in [2.45, 2.75) is 13.8 Å². The van der Waals surface area contributed by atoms with Gasteiger partial charge in [0.05, 0.1) is 0 Å². The maximum absolute atomic E-state index is 8.95. The van der Waals surface area contributed by atoms with Gasteiger partial charge in [0, 0.05) is 5.19 Å². The molecule has 0 fully saturated rings. The van der Waals surface area contributed by atoms with E-state index < -0.39 is 8.80 Å². The molecule has 0 spiro atoms. The van der Waals surface area contributed by atoms with E-state index in [0.717, 1.165) is 11.1 Å². The van der Waals surface area contributed by atoms with Gasteiger partial charge in [-0.2, -0.15) is 0 Å². The lowest BCUT2D eigenvalue weighted by atomic mass is 10.1. The van der Waals surface area contributed by atoms with Crippen LogP contribution in [0.3, 0.4) is 0 Å². The Kier molecular flexibility index (Phi) is 2.34. The van der Waals surface area contributed by atoms with E-state index in [1.807, 2.05) is 13.8 Å². The fraction of sp³-hybridized carbons (Fsp3) is 0.250. The third-order valence-electron chi connectivity index (χ3n) is 1.89. The quantitative estimate of drug-likeness (QED) is 0.512. The van der Waals surface area contributed by atoms with Gasteiger partial charge in [0.25, 0.3) is 0 Å². The van der Waals surface area contributed by atoms with Crippen LogP contribution in [0.25, 0.3) is 0 Å². The van der Waals surface area contributed by atoms with E-state index in [1.165, 1.54) is 6.07 Å². The normalized spacial score (nSPS) is 11.8. The summed E-state index contributed by atoms with van der Waals surface area (Å²) in [5, 5.41) is 0.227. The van der Waals surface area contributed by atoms with Crippen molar-refractivity contribution >= 4 is 14.0 Å². The number of rotatable bonds is 1. The number of hydrogen-bond acceptors (Lipinski definition) is 3. The molecule has 0 amide bonds. The van der Waals surface area contributed by atoms with Crippen LogP contribution >= 0.6 is 0 Å². The van der Waals surface area contributed by atoms with Crippen molar-refractivity contribution in [3.05, 3.63) is 29.3 Å². The third kappa shape index (κ3) is 1.92. The summed E-state index contributed by atoms with van der Waals surface area (Å²) in [6.45, 7) is 3.79. The first-order chi connectivity index (χ1) is 5.41. The second-order valence-corrected chi connectivity index (χ2v) is 4.78. The molecular weight excluding hydrogens is 172 g/mol. The van der Waals surface area contributed by atoms with E-state index in [2.05, 4.69) is 0 Å². The van der Waals surface area contributed by atoms with Gasteiger partial charge in [0.15, 0.2) is 0 Å². The van der Waals surface area contributed by atoms with Crippen LogP contribution in [0.5, 0.6) is 0 Å². The van der Waals surface area contributed by atoms with Crippen LogP contribution in [0, 0.1) is 13.8 Å². The first kappa shape index (κ1) is 9.41. The van der Waals surface area contributed by atoms with E-state index >= 15 is 0 Å². The highest BCUT2D eigenvalue weighted by atomic mass is 28.4. The second kappa shape index (κ2) is 2.99. The van der Waals surface area contributed by atoms with Crippen LogP contribution in [-0.2, 0) is 0 Å². The molecule has 0 radical (unpaired) electrons. The molecule has 4 heteroatoms. The van der Waals surface area contributed by atoms with E-state index in [9.17, 15) is 0 Å². The largest absolute Gasteiger partial charge is 0.528 e. The lowest BCUT2D eigenvalue weighted by Crippen LogP contribution is -2.48. The summed E-state index contributed by atoms with van der Waals surface area (Å²) in [4.78, 5) is 26.9. The van der Waals surface area contributed by atoms with Gasteiger partial charge >= 0.3 is 8.80 Å². The fourth-order valence-electron chi connectivity index (χ4n) is 0.950. The zero-order chi connectivity index (χ0) is 9.35. The molecule has 1 rings (SSSR count). The molecule has 0 aliphatic rings.